The minimum atomic E-state index is -0.648. The average molecular weight is 513 g/mol. The molecule has 0 aliphatic carbocycles. The molecule has 28 heavy (non-hydrogen) atoms. The summed E-state index contributed by atoms with van der Waals surface area (Å²) in [5, 5.41) is 18.0. The van der Waals surface area contributed by atoms with Gasteiger partial charge in [-0.25, -0.2) is 8.78 Å². The summed E-state index contributed by atoms with van der Waals surface area (Å²) in [5.41, 5.74) is 6.41. The zero-order chi connectivity index (χ0) is 19.6. The lowest BCUT2D eigenvalue weighted by Crippen LogP contribution is -2.31. The first-order chi connectivity index (χ1) is 12.9. The van der Waals surface area contributed by atoms with Gasteiger partial charge in [-0.1, -0.05) is 38.9 Å². The monoisotopic (exact) mass is 511 g/mol. The van der Waals surface area contributed by atoms with Gasteiger partial charge in [-0.2, -0.15) is 0 Å². The molecule has 5 nitrogen and oxygen atoms in total. The first-order valence-electron chi connectivity index (χ1n) is 7.66. The van der Waals surface area contributed by atoms with Gasteiger partial charge in [0.05, 0.1) is 17.7 Å². The Kier molecular flexibility index (Phi) is 8.11. The maximum Gasteiger partial charge on any atom is 0.165 e. The van der Waals surface area contributed by atoms with Gasteiger partial charge < -0.3 is 15.6 Å². The summed E-state index contributed by atoms with van der Waals surface area (Å²) >= 11 is 10.6. The number of aliphatic hydroxyl groups excluding tert-OH is 1. The lowest BCUT2D eigenvalue weighted by atomic mass is 10.2. The van der Waals surface area contributed by atoms with Crippen LogP contribution in [0.3, 0.4) is 0 Å². The first-order valence-corrected chi connectivity index (χ1v) is 9.64. The number of hydrogen-bond acceptors (Lipinski definition) is 6. The van der Waals surface area contributed by atoms with Gasteiger partial charge in [-0.3, -0.25) is 0 Å². The van der Waals surface area contributed by atoms with Crippen molar-refractivity contribution in [2.45, 2.75) is 6.04 Å². The van der Waals surface area contributed by atoms with Gasteiger partial charge >= 0.3 is 0 Å². The van der Waals surface area contributed by atoms with Crippen molar-refractivity contribution < 1.29 is 18.6 Å². The molecule has 150 valence electrons. The third-order valence-corrected chi connectivity index (χ3v) is 5.25. The molecule has 0 aliphatic rings. The maximum atomic E-state index is 14.3. The van der Waals surface area contributed by atoms with Crippen molar-refractivity contribution in [2.75, 3.05) is 13.2 Å². The van der Waals surface area contributed by atoms with Crippen LogP contribution >= 0.6 is 51.3 Å². The Morgan fingerprint density at radius 3 is 2.57 bits per heavy atom. The van der Waals surface area contributed by atoms with Gasteiger partial charge in [0.2, 0.25) is 0 Å². The second-order valence-corrected chi connectivity index (χ2v) is 7.89. The molecule has 0 amide bonds. The predicted octanol–water partition coefficient (Wildman–Crippen LogP) is 4.69. The van der Waals surface area contributed by atoms with E-state index >= 15 is 0 Å². The molecule has 3 N–H and O–H groups in total. The molecule has 0 saturated carbocycles. The van der Waals surface area contributed by atoms with Crippen LogP contribution in [0, 0.1) is 11.6 Å². The van der Waals surface area contributed by atoms with Crippen LogP contribution in [0.5, 0.6) is 5.75 Å². The van der Waals surface area contributed by atoms with Crippen LogP contribution in [0.15, 0.2) is 34.8 Å². The van der Waals surface area contributed by atoms with Crippen molar-refractivity contribution in [1.82, 2.24) is 10.2 Å². The standard InChI is InChI=1S/C17H13BrClF2N3O2S.ClH/c18-9-1-8(2-10(20)3-9)16-23-24-17(27-16)12-4-14(21)15(5-13(12)19)26-7-11(22)6-25;/h1-5,11,25H,6-7,22H2;1H/t11-;/m1./s1. The van der Waals surface area contributed by atoms with Crippen LogP contribution in [0.2, 0.25) is 5.02 Å². The molecule has 11 heteroatoms. The van der Waals surface area contributed by atoms with Gasteiger partial charge in [0.1, 0.15) is 22.4 Å². The van der Waals surface area contributed by atoms with Crippen LogP contribution < -0.4 is 10.5 Å². The fourth-order valence-corrected chi connectivity index (χ4v) is 3.80. The van der Waals surface area contributed by atoms with E-state index in [2.05, 4.69) is 26.1 Å². The summed E-state index contributed by atoms with van der Waals surface area (Å²) < 4.78 is 33.7. The summed E-state index contributed by atoms with van der Waals surface area (Å²) in [6, 6.07) is 6.25. The minimum Gasteiger partial charge on any atom is -0.489 e. The summed E-state index contributed by atoms with van der Waals surface area (Å²) in [5.74, 6) is -1.14. The van der Waals surface area contributed by atoms with E-state index in [1.165, 1.54) is 24.3 Å². The molecule has 0 fully saturated rings. The van der Waals surface area contributed by atoms with Crippen molar-refractivity contribution in [3.8, 4) is 26.9 Å². The van der Waals surface area contributed by atoms with Crippen LogP contribution in [-0.4, -0.2) is 34.6 Å². The number of aromatic nitrogens is 2. The number of rotatable bonds is 6. The predicted molar refractivity (Wildman–Crippen MR) is 111 cm³/mol. The smallest absolute Gasteiger partial charge is 0.165 e. The van der Waals surface area contributed by atoms with Crippen LogP contribution in [0.4, 0.5) is 8.78 Å². The van der Waals surface area contributed by atoms with Gasteiger partial charge in [0.25, 0.3) is 0 Å². The zero-order valence-corrected chi connectivity index (χ0v) is 18.0. The second-order valence-electron chi connectivity index (χ2n) is 5.59. The number of hydrogen-bond donors (Lipinski definition) is 2. The summed E-state index contributed by atoms with van der Waals surface area (Å²) in [7, 11) is 0. The first kappa shape index (κ1) is 22.9. The van der Waals surface area contributed by atoms with E-state index in [0.717, 1.165) is 11.3 Å². The molecule has 0 spiro atoms. The lowest BCUT2D eigenvalue weighted by Gasteiger charge is -2.12. The molecule has 0 radical (unpaired) electrons. The van der Waals surface area contributed by atoms with Gasteiger partial charge in [-0.15, -0.1) is 22.6 Å². The zero-order valence-electron chi connectivity index (χ0n) is 14.0. The third-order valence-electron chi connectivity index (χ3n) is 3.47. The molecule has 1 atom stereocenters. The number of halogens is 5. The Morgan fingerprint density at radius 1 is 1.18 bits per heavy atom. The molecule has 0 unspecified atom stereocenters. The lowest BCUT2D eigenvalue weighted by molar-refractivity contribution is 0.202. The largest absolute Gasteiger partial charge is 0.489 e. The highest BCUT2D eigenvalue weighted by Crippen LogP contribution is 2.37. The van der Waals surface area contributed by atoms with Crippen molar-refractivity contribution in [2.24, 2.45) is 5.73 Å². The van der Waals surface area contributed by atoms with Crippen LogP contribution in [0.1, 0.15) is 0 Å². The normalized spacial score (nSPS) is 11.8. The van der Waals surface area contributed by atoms with E-state index < -0.39 is 17.7 Å². The summed E-state index contributed by atoms with van der Waals surface area (Å²) in [4.78, 5) is 0. The minimum absolute atomic E-state index is 0. The van der Waals surface area contributed by atoms with E-state index in [0.29, 0.717) is 25.6 Å². The van der Waals surface area contributed by atoms with Crippen LogP contribution in [0.25, 0.3) is 21.1 Å². The second kappa shape index (κ2) is 9.91. The van der Waals surface area contributed by atoms with Crippen molar-refractivity contribution >= 4 is 51.3 Å². The van der Waals surface area contributed by atoms with Gasteiger partial charge in [0, 0.05) is 21.7 Å². The van der Waals surface area contributed by atoms with E-state index in [9.17, 15) is 8.78 Å². The molecule has 0 aliphatic heterocycles. The maximum absolute atomic E-state index is 14.3. The molecule has 0 bridgehead atoms. The Bertz CT molecular complexity index is 957. The van der Waals surface area contributed by atoms with E-state index in [1.807, 2.05) is 0 Å². The Balaban J connectivity index is 0.00000280. The molecule has 2 aromatic carbocycles. The van der Waals surface area contributed by atoms with E-state index in [4.69, 9.17) is 27.2 Å². The van der Waals surface area contributed by atoms with Gasteiger partial charge in [0.15, 0.2) is 11.6 Å². The van der Waals surface area contributed by atoms with E-state index in [1.54, 1.807) is 6.07 Å². The Labute approximate surface area is 183 Å². The Hall–Kier alpha value is -1.36. The molecule has 3 aromatic rings. The third kappa shape index (κ3) is 5.37. The number of ether oxygens (including phenoxy) is 1. The molecule has 0 saturated heterocycles. The highest BCUT2D eigenvalue weighted by atomic mass is 79.9. The Morgan fingerprint density at radius 2 is 1.89 bits per heavy atom. The van der Waals surface area contributed by atoms with Crippen LogP contribution in [-0.2, 0) is 0 Å². The van der Waals surface area contributed by atoms with Gasteiger partial charge in [-0.05, 0) is 24.3 Å². The van der Waals surface area contributed by atoms with Crippen molar-refractivity contribution in [1.29, 1.82) is 0 Å². The fourth-order valence-electron chi connectivity index (χ4n) is 2.18. The molecule has 1 aromatic heterocycles. The van der Waals surface area contributed by atoms with Crippen molar-refractivity contribution in [3.63, 3.8) is 0 Å². The molecule has 1 heterocycles. The molecular weight excluding hydrogens is 499 g/mol. The van der Waals surface area contributed by atoms with Crippen molar-refractivity contribution in [3.05, 3.63) is 51.5 Å². The average Bonchev–Trinajstić information content (AvgIpc) is 3.10. The SMILES string of the molecule is Cl.N[C@H](CO)COc1cc(Cl)c(-c2nnc(-c3cc(F)cc(Br)c3)s2)cc1F. The fraction of sp³-hybridized carbons (Fsp3) is 0.176. The number of nitrogens with zero attached hydrogens (tertiary/aromatic N) is 2. The topological polar surface area (TPSA) is 81.3 Å². The van der Waals surface area contributed by atoms with E-state index in [-0.39, 0.29) is 36.4 Å². The quantitative estimate of drug-likeness (QED) is 0.501. The highest BCUT2D eigenvalue weighted by molar-refractivity contribution is 9.10. The molecule has 3 rings (SSSR count). The number of benzene rings is 2. The summed E-state index contributed by atoms with van der Waals surface area (Å²) in [6.07, 6.45) is 0. The number of aliphatic hydroxyl groups is 1. The molecular formula is C17H14BrCl2F2N3O2S. The number of nitrogens with two attached hydrogens (primary N) is 1. The summed E-state index contributed by atoms with van der Waals surface area (Å²) in [6.45, 7) is -0.336. The highest BCUT2D eigenvalue weighted by Gasteiger charge is 2.17.